The molecule has 0 N–H and O–H groups in total. The molecule has 2 heterocycles. The summed E-state index contributed by atoms with van der Waals surface area (Å²) < 4.78 is 2.31. The van der Waals surface area contributed by atoms with E-state index in [9.17, 15) is 4.79 Å². The summed E-state index contributed by atoms with van der Waals surface area (Å²) in [6.45, 7) is 3.26. The Hall–Kier alpha value is -0.870. The van der Waals surface area contributed by atoms with Gasteiger partial charge in [-0.3, -0.25) is 9.78 Å². The lowest BCUT2D eigenvalue weighted by molar-refractivity contribution is -0.123. The van der Waals surface area contributed by atoms with Crippen LogP contribution >= 0.6 is 11.9 Å². The van der Waals surface area contributed by atoms with Gasteiger partial charge in [0.25, 0.3) is 0 Å². The van der Waals surface area contributed by atoms with Crippen molar-refractivity contribution in [3.05, 3.63) is 24.5 Å². The van der Waals surface area contributed by atoms with Gasteiger partial charge in [0.2, 0.25) is 0 Å². The number of rotatable bonds is 11. The molecule has 24 heavy (non-hydrogen) atoms. The Balaban J connectivity index is 1.72. The number of nitrogens with zero attached hydrogens (tertiary/aromatic N) is 2. The van der Waals surface area contributed by atoms with Gasteiger partial charge in [0.1, 0.15) is 0 Å². The van der Waals surface area contributed by atoms with Crippen LogP contribution in [0.2, 0.25) is 0 Å². The highest BCUT2D eigenvalue weighted by molar-refractivity contribution is 7.97. The molecule has 0 spiro atoms. The number of unbranched alkanes of at least 4 members (excludes halogenated alkanes) is 6. The van der Waals surface area contributed by atoms with E-state index in [4.69, 9.17) is 0 Å². The van der Waals surface area contributed by atoms with E-state index in [0.29, 0.717) is 5.78 Å². The molecule has 2 rings (SSSR count). The molecular weight excluding hydrogens is 316 g/mol. The van der Waals surface area contributed by atoms with Crippen LogP contribution in [-0.2, 0) is 4.79 Å². The van der Waals surface area contributed by atoms with Gasteiger partial charge >= 0.3 is 0 Å². The summed E-state index contributed by atoms with van der Waals surface area (Å²) >= 11 is 1.73. The van der Waals surface area contributed by atoms with Gasteiger partial charge in [0.05, 0.1) is 6.04 Å². The van der Waals surface area contributed by atoms with Crippen molar-refractivity contribution in [2.24, 2.45) is 0 Å². The van der Waals surface area contributed by atoms with Crippen molar-refractivity contribution in [1.29, 1.82) is 0 Å². The number of hydrogen-bond acceptors (Lipinski definition) is 4. The summed E-state index contributed by atoms with van der Waals surface area (Å²) in [4.78, 5) is 17.9. The molecule has 1 aromatic rings. The van der Waals surface area contributed by atoms with Gasteiger partial charge in [-0.2, -0.15) is 0 Å². The van der Waals surface area contributed by atoms with Crippen molar-refractivity contribution in [3.63, 3.8) is 0 Å². The van der Waals surface area contributed by atoms with Gasteiger partial charge < -0.3 is 0 Å². The maximum atomic E-state index is 12.7. The second-order valence-corrected chi connectivity index (χ2v) is 7.89. The molecule has 134 valence electrons. The average Bonchev–Trinajstić information content (AvgIpc) is 2.62. The molecule has 1 saturated heterocycles. The number of pyridine rings is 1. The highest BCUT2D eigenvalue weighted by Gasteiger charge is 2.28. The minimum atomic E-state index is 0.108. The maximum absolute atomic E-state index is 12.7. The standard InChI is InChI=1S/C20H32N2OS/c1-2-3-4-5-6-7-8-12-20(23)19-11-9-10-17-22(19)24-18-13-15-21-16-14-18/h13-16,19H,2-12,17H2,1H3. The van der Waals surface area contributed by atoms with Crippen LogP contribution in [0.3, 0.4) is 0 Å². The first-order valence-electron chi connectivity index (χ1n) is 9.68. The Bertz CT molecular complexity index is 466. The Kier molecular flexibility index (Phi) is 9.44. The predicted octanol–water partition coefficient (Wildman–Crippen LogP) is 5.65. The predicted molar refractivity (Wildman–Crippen MR) is 102 cm³/mol. The topological polar surface area (TPSA) is 33.2 Å². The van der Waals surface area contributed by atoms with E-state index in [1.165, 1.54) is 56.3 Å². The van der Waals surface area contributed by atoms with E-state index < -0.39 is 0 Å². The van der Waals surface area contributed by atoms with Crippen LogP contribution < -0.4 is 0 Å². The van der Waals surface area contributed by atoms with Crippen molar-refractivity contribution in [1.82, 2.24) is 9.29 Å². The van der Waals surface area contributed by atoms with Crippen LogP contribution in [-0.4, -0.2) is 27.7 Å². The lowest BCUT2D eigenvalue weighted by Crippen LogP contribution is -2.40. The number of aromatic nitrogens is 1. The van der Waals surface area contributed by atoms with Crippen LogP contribution in [0.15, 0.2) is 29.4 Å². The largest absolute Gasteiger partial charge is 0.298 e. The highest BCUT2D eigenvalue weighted by atomic mass is 32.2. The number of carbonyl (C=O) groups is 1. The first-order valence-corrected chi connectivity index (χ1v) is 10.5. The van der Waals surface area contributed by atoms with Crippen LogP contribution in [0.1, 0.15) is 77.6 Å². The molecular formula is C20H32N2OS. The highest BCUT2D eigenvalue weighted by Crippen LogP contribution is 2.31. The molecule has 0 aromatic carbocycles. The van der Waals surface area contributed by atoms with E-state index in [-0.39, 0.29) is 6.04 Å². The zero-order valence-electron chi connectivity index (χ0n) is 15.1. The molecule has 0 bridgehead atoms. The van der Waals surface area contributed by atoms with E-state index in [1.807, 2.05) is 24.5 Å². The third-order valence-corrected chi connectivity index (χ3v) is 5.88. The molecule has 3 nitrogen and oxygen atoms in total. The van der Waals surface area contributed by atoms with E-state index in [1.54, 1.807) is 11.9 Å². The number of hydrogen-bond donors (Lipinski definition) is 0. The van der Waals surface area contributed by atoms with Gasteiger partial charge in [-0.25, -0.2) is 4.31 Å². The second-order valence-electron chi connectivity index (χ2n) is 6.76. The molecule has 0 radical (unpaired) electrons. The molecule has 0 amide bonds. The van der Waals surface area contributed by atoms with Crippen molar-refractivity contribution < 1.29 is 4.79 Å². The van der Waals surface area contributed by atoms with Crippen LogP contribution in [0, 0.1) is 0 Å². The zero-order chi connectivity index (χ0) is 17.0. The van der Waals surface area contributed by atoms with Crippen molar-refractivity contribution >= 4 is 17.7 Å². The summed E-state index contributed by atoms with van der Waals surface area (Å²) in [5, 5.41) is 0. The normalized spacial score (nSPS) is 18.6. The third-order valence-electron chi connectivity index (χ3n) is 4.72. The van der Waals surface area contributed by atoms with Gasteiger partial charge in [-0.05, 0) is 43.3 Å². The number of carbonyl (C=O) groups excluding carboxylic acids is 1. The lowest BCUT2D eigenvalue weighted by atomic mass is 9.97. The quantitative estimate of drug-likeness (QED) is 0.382. The maximum Gasteiger partial charge on any atom is 0.150 e. The molecule has 1 aliphatic heterocycles. The Morgan fingerprint density at radius 3 is 2.58 bits per heavy atom. The Labute approximate surface area is 151 Å². The molecule has 1 aromatic heterocycles. The number of ketones is 1. The molecule has 1 unspecified atom stereocenters. The summed E-state index contributed by atoms with van der Waals surface area (Å²) in [5.74, 6) is 0.449. The fourth-order valence-electron chi connectivity index (χ4n) is 3.29. The van der Waals surface area contributed by atoms with Crippen molar-refractivity contribution in [2.45, 2.75) is 88.5 Å². The monoisotopic (exact) mass is 348 g/mol. The first kappa shape index (κ1) is 19.5. The fraction of sp³-hybridized carbons (Fsp3) is 0.700. The molecule has 4 heteroatoms. The summed E-state index contributed by atoms with van der Waals surface area (Å²) in [6.07, 6.45) is 16.7. The van der Waals surface area contributed by atoms with Crippen molar-refractivity contribution in [3.8, 4) is 0 Å². The average molecular weight is 349 g/mol. The van der Waals surface area contributed by atoms with Crippen LogP contribution in [0.4, 0.5) is 0 Å². The van der Waals surface area contributed by atoms with Gasteiger partial charge in [0.15, 0.2) is 5.78 Å². The van der Waals surface area contributed by atoms with Gasteiger partial charge in [-0.1, -0.05) is 51.9 Å². The Morgan fingerprint density at radius 1 is 1.12 bits per heavy atom. The van der Waals surface area contributed by atoms with Gasteiger partial charge in [0, 0.05) is 30.3 Å². The minimum absolute atomic E-state index is 0.108. The SMILES string of the molecule is CCCCCCCCCC(=O)C1CCCCN1Sc1ccncc1. The lowest BCUT2D eigenvalue weighted by Gasteiger charge is -2.33. The third kappa shape index (κ3) is 6.94. The Morgan fingerprint density at radius 2 is 1.83 bits per heavy atom. The van der Waals surface area contributed by atoms with E-state index in [2.05, 4.69) is 16.2 Å². The smallest absolute Gasteiger partial charge is 0.150 e. The molecule has 1 fully saturated rings. The summed E-state index contributed by atoms with van der Waals surface area (Å²) in [5.41, 5.74) is 0. The number of Topliss-reactive ketones (excluding diaryl/α,β-unsaturated/α-hetero) is 1. The van der Waals surface area contributed by atoms with E-state index >= 15 is 0 Å². The van der Waals surface area contributed by atoms with Crippen molar-refractivity contribution in [2.75, 3.05) is 6.54 Å². The fourth-order valence-corrected chi connectivity index (χ4v) is 4.38. The second kappa shape index (κ2) is 11.6. The van der Waals surface area contributed by atoms with Crippen LogP contribution in [0.5, 0.6) is 0 Å². The minimum Gasteiger partial charge on any atom is -0.298 e. The summed E-state index contributed by atoms with van der Waals surface area (Å²) in [7, 11) is 0. The van der Waals surface area contributed by atoms with Crippen LogP contribution in [0.25, 0.3) is 0 Å². The molecule has 1 aliphatic rings. The molecule has 0 saturated carbocycles. The van der Waals surface area contributed by atoms with E-state index in [0.717, 1.165) is 25.8 Å². The molecule has 1 atom stereocenters. The van der Waals surface area contributed by atoms with Gasteiger partial charge in [-0.15, -0.1) is 0 Å². The molecule has 0 aliphatic carbocycles. The summed E-state index contributed by atoms with van der Waals surface area (Å²) in [6, 6.07) is 4.16. The zero-order valence-corrected chi connectivity index (χ0v) is 15.9. The number of piperidine rings is 1. The first-order chi connectivity index (χ1) is 11.8.